The van der Waals surface area contributed by atoms with Gasteiger partial charge in [0.2, 0.25) is 11.8 Å². The van der Waals surface area contributed by atoms with Crippen LogP contribution >= 0.6 is 11.3 Å². The average Bonchev–Trinajstić information content (AvgIpc) is 3.15. The van der Waals surface area contributed by atoms with Crippen molar-refractivity contribution in [3.63, 3.8) is 0 Å². The Bertz CT molecular complexity index is 552. The molecule has 2 fully saturated rings. The van der Waals surface area contributed by atoms with Crippen molar-refractivity contribution in [2.45, 2.75) is 6.54 Å². The molecule has 2 saturated heterocycles. The zero-order chi connectivity index (χ0) is 17.5. The van der Waals surface area contributed by atoms with Crippen LogP contribution in [-0.4, -0.2) is 92.1 Å². The fourth-order valence-corrected chi connectivity index (χ4v) is 3.71. The van der Waals surface area contributed by atoms with Crippen LogP contribution in [0.2, 0.25) is 0 Å². The van der Waals surface area contributed by atoms with E-state index in [1.165, 1.54) is 0 Å². The quantitative estimate of drug-likeness (QED) is 0.758. The summed E-state index contributed by atoms with van der Waals surface area (Å²) in [6.07, 6.45) is 0. The van der Waals surface area contributed by atoms with Crippen LogP contribution in [0.3, 0.4) is 0 Å². The van der Waals surface area contributed by atoms with Crippen LogP contribution in [0.4, 0.5) is 0 Å². The maximum absolute atomic E-state index is 12.4. The summed E-state index contributed by atoms with van der Waals surface area (Å²) in [5, 5.41) is 4.96. The first-order chi connectivity index (χ1) is 12.2. The first-order valence-corrected chi connectivity index (χ1v) is 9.68. The number of amides is 2. The molecule has 1 aromatic heterocycles. The molecule has 0 unspecified atom stereocenters. The van der Waals surface area contributed by atoms with E-state index < -0.39 is 0 Å². The largest absolute Gasteiger partial charge is 0.379 e. The summed E-state index contributed by atoms with van der Waals surface area (Å²) in [4.78, 5) is 31.7. The molecular weight excluding hydrogens is 340 g/mol. The molecule has 25 heavy (non-hydrogen) atoms. The number of ether oxygens (including phenoxy) is 1. The Morgan fingerprint density at radius 3 is 2.44 bits per heavy atom. The molecule has 1 N–H and O–H groups in total. The van der Waals surface area contributed by atoms with Crippen LogP contribution in [0.15, 0.2) is 17.5 Å². The Morgan fingerprint density at radius 1 is 1.04 bits per heavy atom. The Labute approximate surface area is 152 Å². The van der Waals surface area contributed by atoms with E-state index in [-0.39, 0.29) is 11.8 Å². The van der Waals surface area contributed by atoms with Gasteiger partial charge < -0.3 is 15.0 Å². The fraction of sp³-hybridized carbons (Fsp3) is 0.647. The monoisotopic (exact) mass is 366 g/mol. The van der Waals surface area contributed by atoms with E-state index in [4.69, 9.17) is 4.74 Å². The molecule has 2 aliphatic rings. The van der Waals surface area contributed by atoms with Crippen LogP contribution in [0.5, 0.6) is 0 Å². The molecule has 0 radical (unpaired) electrons. The van der Waals surface area contributed by atoms with Crippen molar-refractivity contribution in [3.05, 3.63) is 22.4 Å². The van der Waals surface area contributed by atoms with Gasteiger partial charge in [-0.3, -0.25) is 19.4 Å². The van der Waals surface area contributed by atoms with Crippen molar-refractivity contribution in [3.8, 4) is 0 Å². The summed E-state index contributed by atoms with van der Waals surface area (Å²) in [6.45, 7) is 7.44. The van der Waals surface area contributed by atoms with Crippen LogP contribution in [0.1, 0.15) is 4.88 Å². The normalized spacial score (nSPS) is 19.8. The Kier molecular flexibility index (Phi) is 6.80. The van der Waals surface area contributed by atoms with Gasteiger partial charge in [-0.05, 0) is 11.4 Å². The predicted molar refractivity (Wildman–Crippen MR) is 96.4 cm³/mol. The Morgan fingerprint density at radius 2 is 1.76 bits per heavy atom. The minimum absolute atomic E-state index is 0.0430. The molecule has 0 aromatic carbocycles. The first-order valence-electron chi connectivity index (χ1n) is 8.80. The van der Waals surface area contributed by atoms with Crippen molar-refractivity contribution >= 4 is 23.2 Å². The third-order valence-electron chi connectivity index (χ3n) is 4.59. The molecule has 138 valence electrons. The number of piperazine rings is 1. The van der Waals surface area contributed by atoms with E-state index in [9.17, 15) is 9.59 Å². The number of carbonyl (C=O) groups excluding carboxylic acids is 2. The lowest BCUT2D eigenvalue weighted by atomic mass is 10.3. The topological polar surface area (TPSA) is 65.1 Å². The molecule has 1 aromatic rings. The van der Waals surface area contributed by atoms with E-state index in [1.54, 1.807) is 11.3 Å². The first kappa shape index (κ1) is 18.3. The second-order valence-corrected chi connectivity index (χ2v) is 7.43. The highest BCUT2D eigenvalue weighted by atomic mass is 32.1. The lowest BCUT2D eigenvalue weighted by molar-refractivity contribution is -0.135. The highest BCUT2D eigenvalue weighted by Gasteiger charge is 2.24. The minimum atomic E-state index is 0.0430. The summed E-state index contributed by atoms with van der Waals surface area (Å²) in [7, 11) is 0. The van der Waals surface area contributed by atoms with Crippen molar-refractivity contribution in [1.82, 2.24) is 20.0 Å². The minimum Gasteiger partial charge on any atom is -0.379 e. The molecule has 3 rings (SSSR count). The highest BCUT2D eigenvalue weighted by Crippen LogP contribution is 2.08. The fourth-order valence-electron chi connectivity index (χ4n) is 3.06. The number of morpholine rings is 1. The zero-order valence-electron chi connectivity index (χ0n) is 14.5. The number of hydrogen-bond donors (Lipinski definition) is 1. The summed E-state index contributed by atoms with van der Waals surface area (Å²) >= 11 is 1.64. The second kappa shape index (κ2) is 9.28. The van der Waals surface area contributed by atoms with Crippen LogP contribution in [0, 0.1) is 0 Å². The second-order valence-electron chi connectivity index (χ2n) is 6.40. The maximum Gasteiger partial charge on any atom is 0.236 e. The Balaban J connectivity index is 1.33. The zero-order valence-corrected chi connectivity index (χ0v) is 15.3. The molecule has 7 nitrogen and oxygen atoms in total. The number of hydrogen-bond acceptors (Lipinski definition) is 6. The SMILES string of the molecule is O=C(CN1CCN(C(=O)CN2CCOCC2)CC1)NCc1cccs1. The van der Waals surface area contributed by atoms with Gasteiger partial charge in [-0.25, -0.2) is 0 Å². The van der Waals surface area contributed by atoms with Gasteiger partial charge >= 0.3 is 0 Å². The van der Waals surface area contributed by atoms with Gasteiger partial charge in [0.25, 0.3) is 0 Å². The van der Waals surface area contributed by atoms with Gasteiger partial charge in [0.05, 0.1) is 32.8 Å². The standard InChI is InChI=1S/C17H26N4O3S/c22-16(18-12-15-2-1-11-25-15)13-19-3-5-21(6-4-19)17(23)14-20-7-9-24-10-8-20/h1-2,11H,3-10,12-14H2,(H,18,22). The van der Waals surface area contributed by atoms with Crippen LogP contribution in [-0.2, 0) is 20.9 Å². The molecule has 0 saturated carbocycles. The van der Waals surface area contributed by atoms with Gasteiger partial charge in [0, 0.05) is 44.1 Å². The van der Waals surface area contributed by atoms with E-state index in [1.807, 2.05) is 22.4 Å². The third kappa shape index (κ3) is 5.78. The molecular formula is C17H26N4O3S. The van der Waals surface area contributed by atoms with Gasteiger partial charge in [-0.2, -0.15) is 0 Å². The number of thiophene rings is 1. The smallest absolute Gasteiger partial charge is 0.236 e. The number of carbonyl (C=O) groups is 2. The van der Waals surface area contributed by atoms with Crippen molar-refractivity contribution in [1.29, 1.82) is 0 Å². The van der Waals surface area contributed by atoms with Gasteiger partial charge in [0.15, 0.2) is 0 Å². The molecule has 8 heteroatoms. The van der Waals surface area contributed by atoms with E-state index >= 15 is 0 Å². The molecule has 0 atom stereocenters. The van der Waals surface area contributed by atoms with Gasteiger partial charge in [0.1, 0.15) is 0 Å². The van der Waals surface area contributed by atoms with Crippen molar-refractivity contribution < 1.29 is 14.3 Å². The van der Waals surface area contributed by atoms with Crippen molar-refractivity contribution in [2.24, 2.45) is 0 Å². The van der Waals surface area contributed by atoms with Crippen LogP contribution < -0.4 is 5.32 Å². The van der Waals surface area contributed by atoms with E-state index in [0.29, 0.717) is 45.9 Å². The molecule has 2 aliphatic heterocycles. The number of rotatable bonds is 6. The summed E-state index contributed by atoms with van der Waals surface area (Å²) < 4.78 is 5.31. The lowest BCUT2D eigenvalue weighted by Crippen LogP contribution is -2.53. The molecule has 0 bridgehead atoms. The Hall–Kier alpha value is -1.48. The van der Waals surface area contributed by atoms with Crippen LogP contribution in [0.25, 0.3) is 0 Å². The van der Waals surface area contributed by atoms with E-state index in [0.717, 1.165) is 31.1 Å². The summed E-state index contributed by atoms with van der Waals surface area (Å²) in [5.41, 5.74) is 0. The number of nitrogens with one attached hydrogen (secondary N) is 1. The average molecular weight is 366 g/mol. The predicted octanol–water partition coefficient (Wildman–Crippen LogP) is -0.159. The lowest BCUT2D eigenvalue weighted by Gasteiger charge is -2.36. The summed E-state index contributed by atoms with van der Waals surface area (Å²) in [5.74, 6) is 0.227. The third-order valence-corrected chi connectivity index (χ3v) is 5.47. The molecule has 2 amide bonds. The van der Waals surface area contributed by atoms with Gasteiger partial charge in [-0.15, -0.1) is 11.3 Å². The highest BCUT2D eigenvalue weighted by molar-refractivity contribution is 7.09. The van der Waals surface area contributed by atoms with E-state index in [2.05, 4.69) is 15.1 Å². The number of nitrogens with zero attached hydrogens (tertiary/aromatic N) is 3. The van der Waals surface area contributed by atoms with Gasteiger partial charge in [-0.1, -0.05) is 6.07 Å². The summed E-state index contributed by atoms with van der Waals surface area (Å²) in [6, 6.07) is 4.00. The molecule has 0 spiro atoms. The maximum atomic E-state index is 12.4. The molecule has 0 aliphatic carbocycles. The molecule has 3 heterocycles. The van der Waals surface area contributed by atoms with Crippen molar-refractivity contribution in [2.75, 3.05) is 65.6 Å².